The molecule has 0 spiro atoms. The number of anilines is 1. The van der Waals surface area contributed by atoms with Gasteiger partial charge in [-0.05, 0) is 19.1 Å². The van der Waals surface area contributed by atoms with E-state index in [9.17, 15) is 9.59 Å². The summed E-state index contributed by atoms with van der Waals surface area (Å²) in [5.41, 5.74) is 1.05. The van der Waals surface area contributed by atoms with Gasteiger partial charge in [0.2, 0.25) is 5.91 Å². The molecule has 0 aromatic heterocycles. The SMILES string of the molecule is CCOc1ccccc1N1CCN(C(=O)[C@@H]2COC(=O)N2)CC1. The number of carbonyl (C=O) groups excluding carboxylic acids is 2. The third-order valence-electron chi connectivity index (χ3n) is 4.07. The van der Waals surface area contributed by atoms with E-state index in [0.717, 1.165) is 24.5 Å². The van der Waals surface area contributed by atoms with Crippen LogP contribution in [0.25, 0.3) is 0 Å². The van der Waals surface area contributed by atoms with Crippen LogP contribution in [0.4, 0.5) is 10.5 Å². The zero-order valence-electron chi connectivity index (χ0n) is 13.2. The number of rotatable bonds is 4. The molecule has 0 unspecified atom stereocenters. The molecule has 1 aromatic carbocycles. The molecule has 0 saturated carbocycles. The summed E-state index contributed by atoms with van der Waals surface area (Å²) in [6, 6.07) is 7.39. The minimum Gasteiger partial charge on any atom is -0.492 e. The highest BCUT2D eigenvalue weighted by molar-refractivity contribution is 5.88. The Labute approximate surface area is 135 Å². The van der Waals surface area contributed by atoms with E-state index in [1.165, 1.54) is 0 Å². The summed E-state index contributed by atoms with van der Waals surface area (Å²) in [6.07, 6.45) is -0.521. The first-order valence-electron chi connectivity index (χ1n) is 7.88. The summed E-state index contributed by atoms with van der Waals surface area (Å²) in [5.74, 6) is 0.792. The summed E-state index contributed by atoms with van der Waals surface area (Å²) < 4.78 is 10.5. The molecular weight excluding hydrogens is 298 g/mol. The number of nitrogens with one attached hydrogen (secondary N) is 1. The number of para-hydroxylation sites is 2. The summed E-state index contributed by atoms with van der Waals surface area (Å²) >= 11 is 0. The van der Waals surface area contributed by atoms with E-state index in [4.69, 9.17) is 9.47 Å². The standard InChI is InChI=1S/C16H21N3O4/c1-2-22-14-6-4-3-5-13(14)18-7-9-19(10-8-18)15(20)12-11-23-16(21)17-12/h3-6,12H,2,7-11H2,1H3,(H,17,21)/t12-/m0/s1. The van der Waals surface area contributed by atoms with Gasteiger partial charge in [0.15, 0.2) is 0 Å². The van der Waals surface area contributed by atoms with Crippen molar-refractivity contribution in [2.45, 2.75) is 13.0 Å². The van der Waals surface area contributed by atoms with Gasteiger partial charge in [-0.25, -0.2) is 4.79 Å². The Morgan fingerprint density at radius 2 is 2.04 bits per heavy atom. The van der Waals surface area contributed by atoms with Gasteiger partial charge in [-0.1, -0.05) is 12.1 Å². The van der Waals surface area contributed by atoms with Gasteiger partial charge in [-0.15, -0.1) is 0 Å². The molecule has 124 valence electrons. The average Bonchev–Trinajstić information content (AvgIpc) is 3.02. The molecular formula is C16H21N3O4. The quantitative estimate of drug-likeness (QED) is 0.890. The lowest BCUT2D eigenvalue weighted by molar-refractivity contribution is -0.133. The van der Waals surface area contributed by atoms with Crippen LogP contribution in [0.5, 0.6) is 5.75 Å². The van der Waals surface area contributed by atoms with E-state index in [-0.39, 0.29) is 12.5 Å². The van der Waals surface area contributed by atoms with Gasteiger partial charge >= 0.3 is 6.09 Å². The smallest absolute Gasteiger partial charge is 0.407 e. The number of nitrogens with zero attached hydrogens (tertiary/aromatic N) is 2. The third-order valence-corrected chi connectivity index (χ3v) is 4.07. The first-order valence-corrected chi connectivity index (χ1v) is 7.88. The van der Waals surface area contributed by atoms with E-state index in [1.807, 2.05) is 31.2 Å². The number of benzene rings is 1. The van der Waals surface area contributed by atoms with Crippen molar-refractivity contribution in [3.05, 3.63) is 24.3 Å². The molecule has 0 aliphatic carbocycles. The molecule has 2 heterocycles. The lowest BCUT2D eigenvalue weighted by atomic mass is 10.2. The molecule has 0 radical (unpaired) electrons. The van der Waals surface area contributed by atoms with E-state index < -0.39 is 12.1 Å². The molecule has 7 heteroatoms. The van der Waals surface area contributed by atoms with Gasteiger partial charge in [-0.2, -0.15) is 0 Å². The average molecular weight is 319 g/mol. The summed E-state index contributed by atoms with van der Waals surface area (Å²) in [6.45, 7) is 5.40. The molecule has 23 heavy (non-hydrogen) atoms. The van der Waals surface area contributed by atoms with Crippen molar-refractivity contribution in [1.29, 1.82) is 0 Å². The molecule has 1 atom stereocenters. The maximum atomic E-state index is 12.3. The van der Waals surface area contributed by atoms with Gasteiger partial charge in [0, 0.05) is 26.2 Å². The monoisotopic (exact) mass is 319 g/mol. The van der Waals surface area contributed by atoms with Crippen LogP contribution in [-0.2, 0) is 9.53 Å². The summed E-state index contributed by atoms with van der Waals surface area (Å²) in [4.78, 5) is 27.4. The number of hydrogen-bond donors (Lipinski definition) is 1. The predicted octanol–water partition coefficient (Wildman–Crippen LogP) is 0.842. The lowest BCUT2D eigenvalue weighted by Gasteiger charge is -2.37. The molecule has 1 aromatic rings. The van der Waals surface area contributed by atoms with Gasteiger partial charge in [0.1, 0.15) is 18.4 Å². The van der Waals surface area contributed by atoms with Gasteiger partial charge in [-0.3, -0.25) is 4.79 Å². The second-order valence-electron chi connectivity index (χ2n) is 5.51. The Morgan fingerprint density at radius 3 is 2.70 bits per heavy atom. The van der Waals surface area contributed by atoms with E-state index in [2.05, 4.69) is 10.2 Å². The Kier molecular flexibility index (Phi) is 4.55. The molecule has 2 saturated heterocycles. The van der Waals surface area contributed by atoms with Crippen LogP contribution >= 0.6 is 0 Å². The van der Waals surface area contributed by atoms with Crippen molar-refractivity contribution < 1.29 is 19.1 Å². The number of carbonyl (C=O) groups is 2. The number of cyclic esters (lactones) is 1. The van der Waals surface area contributed by atoms with Crippen LogP contribution in [0.2, 0.25) is 0 Å². The van der Waals surface area contributed by atoms with Crippen LogP contribution in [0, 0.1) is 0 Å². The molecule has 1 N–H and O–H groups in total. The topological polar surface area (TPSA) is 71.1 Å². The highest BCUT2D eigenvalue weighted by Gasteiger charge is 2.33. The van der Waals surface area contributed by atoms with Crippen molar-refractivity contribution in [3.8, 4) is 5.75 Å². The first-order chi connectivity index (χ1) is 11.2. The van der Waals surface area contributed by atoms with Gasteiger partial charge in [0.25, 0.3) is 0 Å². The zero-order valence-corrected chi connectivity index (χ0v) is 13.2. The largest absolute Gasteiger partial charge is 0.492 e. The second-order valence-corrected chi connectivity index (χ2v) is 5.51. The van der Waals surface area contributed by atoms with Crippen molar-refractivity contribution in [3.63, 3.8) is 0 Å². The van der Waals surface area contributed by atoms with Crippen molar-refractivity contribution in [2.24, 2.45) is 0 Å². The van der Waals surface area contributed by atoms with Gasteiger partial charge in [0.05, 0.1) is 12.3 Å². The third kappa shape index (κ3) is 3.33. The molecule has 7 nitrogen and oxygen atoms in total. The Hall–Kier alpha value is -2.44. The molecule has 3 rings (SSSR count). The minimum atomic E-state index is -0.551. The Balaban J connectivity index is 1.60. The first kappa shape index (κ1) is 15.5. The zero-order chi connectivity index (χ0) is 16.2. The summed E-state index contributed by atoms with van der Waals surface area (Å²) in [7, 11) is 0. The van der Waals surface area contributed by atoms with Gasteiger partial charge < -0.3 is 24.6 Å². The number of ether oxygens (including phenoxy) is 2. The van der Waals surface area contributed by atoms with E-state index >= 15 is 0 Å². The van der Waals surface area contributed by atoms with Crippen LogP contribution in [0.3, 0.4) is 0 Å². The minimum absolute atomic E-state index is 0.0754. The molecule has 2 amide bonds. The van der Waals surface area contributed by atoms with E-state index in [1.54, 1.807) is 4.90 Å². The fraction of sp³-hybridized carbons (Fsp3) is 0.500. The molecule has 2 aliphatic rings. The van der Waals surface area contributed by atoms with Crippen LogP contribution < -0.4 is 15.0 Å². The maximum absolute atomic E-state index is 12.3. The van der Waals surface area contributed by atoms with Crippen molar-refractivity contribution in [2.75, 3.05) is 44.3 Å². The highest BCUT2D eigenvalue weighted by atomic mass is 16.6. The highest BCUT2D eigenvalue weighted by Crippen LogP contribution is 2.28. The van der Waals surface area contributed by atoms with Crippen LogP contribution in [-0.4, -0.2) is 62.3 Å². The lowest BCUT2D eigenvalue weighted by Crippen LogP contribution is -2.54. The van der Waals surface area contributed by atoms with Crippen LogP contribution in [0.1, 0.15) is 6.92 Å². The number of alkyl carbamates (subject to hydrolysis) is 1. The van der Waals surface area contributed by atoms with E-state index in [0.29, 0.717) is 19.7 Å². The normalized spacial score (nSPS) is 20.9. The fourth-order valence-corrected chi connectivity index (χ4v) is 2.90. The molecule has 2 fully saturated rings. The summed E-state index contributed by atoms with van der Waals surface area (Å²) in [5, 5.41) is 2.53. The maximum Gasteiger partial charge on any atom is 0.407 e. The number of hydrogen-bond acceptors (Lipinski definition) is 5. The van der Waals surface area contributed by atoms with Crippen molar-refractivity contribution in [1.82, 2.24) is 10.2 Å². The van der Waals surface area contributed by atoms with Crippen LogP contribution in [0.15, 0.2) is 24.3 Å². The number of amides is 2. The fourth-order valence-electron chi connectivity index (χ4n) is 2.90. The van der Waals surface area contributed by atoms with Crippen molar-refractivity contribution >= 4 is 17.7 Å². The molecule has 2 aliphatic heterocycles. The Morgan fingerprint density at radius 1 is 1.30 bits per heavy atom. The second kappa shape index (κ2) is 6.76. The number of piperazine rings is 1. The molecule has 0 bridgehead atoms. The Bertz CT molecular complexity index is 584. The predicted molar refractivity (Wildman–Crippen MR) is 84.7 cm³/mol.